The molecule has 104 valence electrons. The third kappa shape index (κ3) is 3.51. The van der Waals surface area contributed by atoms with Gasteiger partial charge in [-0.05, 0) is 25.2 Å². The average Bonchev–Trinajstić information content (AvgIpc) is 2.83. The molecule has 1 aliphatic rings. The fourth-order valence-corrected chi connectivity index (χ4v) is 1.86. The highest BCUT2D eigenvalue weighted by Crippen LogP contribution is 2.24. The van der Waals surface area contributed by atoms with Crippen LogP contribution < -0.4 is 20.1 Å². The molecular formula is C13H18N2O4. The van der Waals surface area contributed by atoms with E-state index in [2.05, 4.69) is 10.6 Å². The zero-order valence-corrected chi connectivity index (χ0v) is 11.1. The largest absolute Gasteiger partial charge is 0.497 e. The van der Waals surface area contributed by atoms with E-state index in [1.54, 1.807) is 7.11 Å². The maximum atomic E-state index is 10.9. The van der Waals surface area contributed by atoms with Crippen molar-refractivity contribution in [1.29, 1.82) is 0 Å². The molecule has 6 nitrogen and oxygen atoms in total. The first-order chi connectivity index (χ1) is 9.22. The summed E-state index contributed by atoms with van der Waals surface area (Å²) in [5.74, 6) is 1.55. The predicted molar refractivity (Wildman–Crippen MR) is 69.5 cm³/mol. The molecule has 2 N–H and O–H groups in total. The molecule has 0 aromatic heterocycles. The van der Waals surface area contributed by atoms with Gasteiger partial charge in [-0.15, -0.1) is 0 Å². The number of cyclic esters (lactones) is 1. The highest BCUT2D eigenvalue weighted by Gasteiger charge is 2.23. The van der Waals surface area contributed by atoms with Gasteiger partial charge in [0.25, 0.3) is 0 Å². The van der Waals surface area contributed by atoms with Crippen LogP contribution in [0.25, 0.3) is 0 Å². The fraction of sp³-hybridized carbons (Fsp3) is 0.462. The zero-order chi connectivity index (χ0) is 13.7. The molecule has 0 aliphatic carbocycles. The molecule has 1 amide bonds. The van der Waals surface area contributed by atoms with E-state index in [0.717, 1.165) is 17.1 Å². The van der Waals surface area contributed by atoms with Gasteiger partial charge >= 0.3 is 6.09 Å². The van der Waals surface area contributed by atoms with E-state index < -0.39 is 6.09 Å². The third-order valence-electron chi connectivity index (χ3n) is 2.81. The summed E-state index contributed by atoms with van der Waals surface area (Å²) < 4.78 is 15.9. The molecule has 1 unspecified atom stereocenters. The molecule has 0 saturated carbocycles. The van der Waals surface area contributed by atoms with E-state index in [9.17, 15) is 4.79 Å². The minimum atomic E-state index is -0.390. The van der Waals surface area contributed by atoms with Gasteiger partial charge in [-0.25, -0.2) is 4.79 Å². The van der Waals surface area contributed by atoms with Crippen molar-refractivity contribution in [1.82, 2.24) is 10.6 Å². The van der Waals surface area contributed by atoms with Gasteiger partial charge in [-0.1, -0.05) is 0 Å². The molecule has 1 aromatic rings. The Bertz CT molecular complexity index is 450. The van der Waals surface area contributed by atoms with Crippen molar-refractivity contribution in [2.45, 2.75) is 12.6 Å². The minimum absolute atomic E-state index is 0.239. The molecule has 1 saturated heterocycles. The van der Waals surface area contributed by atoms with E-state index in [1.165, 1.54) is 0 Å². The van der Waals surface area contributed by atoms with E-state index in [-0.39, 0.29) is 6.10 Å². The van der Waals surface area contributed by atoms with Crippen LogP contribution in [0.2, 0.25) is 0 Å². The van der Waals surface area contributed by atoms with Crippen molar-refractivity contribution >= 4 is 6.09 Å². The summed E-state index contributed by atoms with van der Waals surface area (Å²) in [6.45, 7) is 1.49. The van der Waals surface area contributed by atoms with Gasteiger partial charge < -0.3 is 24.8 Å². The van der Waals surface area contributed by atoms with Crippen LogP contribution in [0.3, 0.4) is 0 Å². The summed E-state index contributed by atoms with van der Waals surface area (Å²) in [5.41, 5.74) is 0.999. The summed E-state index contributed by atoms with van der Waals surface area (Å²) in [6, 6.07) is 5.62. The number of hydrogen-bond donors (Lipinski definition) is 2. The lowest BCUT2D eigenvalue weighted by Gasteiger charge is -2.14. The average molecular weight is 266 g/mol. The second-order valence-corrected chi connectivity index (χ2v) is 4.22. The van der Waals surface area contributed by atoms with Crippen LogP contribution >= 0.6 is 0 Å². The summed E-state index contributed by atoms with van der Waals surface area (Å²) in [6.07, 6.45) is -0.629. The second kappa shape index (κ2) is 6.29. The van der Waals surface area contributed by atoms with E-state index in [0.29, 0.717) is 19.7 Å². The van der Waals surface area contributed by atoms with Crippen molar-refractivity contribution in [3.8, 4) is 11.5 Å². The number of hydrogen-bond acceptors (Lipinski definition) is 5. The van der Waals surface area contributed by atoms with Crippen molar-refractivity contribution in [2.24, 2.45) is 0 Å². The molecule has 1 aromatic carbocycles. The molecule has 2 rings (SSSR count). The molecule has 0 spiro atoms. The number of benzene rings is 1. The lowest BCUT2D eigenvalue weighted by molar-refractivity contribution is 0.104. The van der Waals surface area contributed by atoms with Gasteiger partial charge in [0.1, 0.15) is 18.1 Å². The van der Waals surface area contributed by atoms with E-state index >= 15 is 0 Å². The number of methoxy groups -OCH3 is 1. The van der Waals surface area contributed by atoms with Crippen LogP contribution in [0.5, 0.6) is 11.5 Å². The topological polar surface area (TPSA) is 68.8 Å². The number of alkyl carbamates (subject to hydrolysis) is 1. The normalized spacial score (nSPS) is 17.8. The molecule has 6 heteroatoms. The van der Waals surface area contributed by atoms with Gasteiger partial charge in [-0.3, -0.25) is 0 Å². The number of amides is 1. The maximum Gasteiger partial charge on any atom is 0.407 e. The molecule has 1 fully saturated rings. The molecule has 1 aliphatic heterocycles. The number of ether oxygens (including phenoxy) is 3. The van der Waals surface area contributed by atoms with Gasteiger partial charge in [-0.2, -0.15) is 0 Å². The van der Waals surface area contributed by atoms with Crippen LogP contribution in [0.15, 0.2) is 18.2 Å². The van der Waals surface area contributed by atoms with Gasteiger partial charge in [0, 0.05) is 12.1 Å². The second-order valence-electron chi connectivity index (χ2n) is 4.22. The standard InChI is InChI=1S/C13H18N2O4/c1-14-6-9-5-10(17-2)3-4-12(9)18-8-11-7-15-13(16)19-11/h3-5,11,14H,6-8H2,1-2H3,(H,15,16). The first-order valence-corrected chi connectivity index (χ1v) is 6.11. The molecule has 0 bridgehead atoms. The Hall–Kier alpha value is -1.95. The summed E-state index contributed by atoms with van der Waals surface area (Å²) in [5, 5.41) is 5.67. The number of carbonyl (C=O) groups excluding carboxylic acids is 1. The number of carbonyl (C=O) groups is 1. The number of rotatable bonds is 6. The Morgan fingerprint density at radius 2 is 2.37 bits per heavy atom. The Kier molecular flexibility index (Phi) is 4.46. The fourth-order valence-electron chi connectivity index (χ4n) is 1.86. The smallest absolute Gasteiger partial charge is 0.407 e. The quantitative estimate of drug-likeness (QED) is 0.800. The van der Waals surface area contributed by atoms with Crippen LogP contribution in [-0.2, 0) is 11.3 Å². The van der Waals surface area contributed by atoms with Crippen LogP contribution in [-0.4, -0.2) is 39.5 Å². The van der Waals surface area contributed by atoms with Gasteiger partial charge in [0.15, 0.2) is 6.10 Å². The Balaban J connectivity index is 2.00. The Morgan fingerprint density at radius 1 is 1.53 bits per heavy atom. The van der Waals surface area contributed by atoms with Crippen molar-refractivity contribution < 1.29 is 19.0 Å². The van der Waals surface area contributed by atoms with Crippen LogP contribution in [0.4, 0.5) is 4.79 Å². The first-order valence-electron chi connectivity index (χ1n) is 6.11. The monoisotopic (exact) mass is 266 g/mol. The molecule has 0 radical (unpaired) electrons. The van der Waals surface area contributed by atoms with Crippen molar-refractivity contribution in [2.75, 3.05) is 27.3 Å². The third-order valence-corrected chi connectivity index (χ3v) is 2.81. The predicted octanol–water partition coefficient (Wildman–Crippen LogP) is 0.902. The highest BCUT2D eigenvalue weighted by atomic mass is 16.6. The Morgan fingerprint density at radius 3 is 3.00 bits per heavy atom. The van der Waals surface area contributed by atoms with Crippen LogP contribution in [0, 0.1) is 0 Å². The summed E-state index contributed by atoms with van der Waals surface area (Å²) in [7, 11) is 3.49. The van der Waals surface area contributed by atoms with Gasteiger partial charge in [0.05, 0.1) is 13.7 Å². The lowest BCUT2D eigenvalue weighted by atomic mass is 10.2. The molecule has 1 atom stereocenters. The van der Waals surface area contributed by atoms with Crippen LogP contribution in [0.1, 0.15) is 5.56 Å². The number of nitrogens with one attached hydrogen (secondary N) is 2. The minimum Gasteiger partial charge on any atom is -0.497 e. The van der Waals surface area contributed by atoms with E-state index in [4.69, 9.17) is 14.2 Å². The maximum absolute atomic E-state index is 10.9. The first kappa shape index (κ1) is 13.5. The SMILES string of the molecule is CNCc1cc(OC)ccc1OCC1CNC(=O)O1. The molecule has 19 heavy (non-hydrogen) atoms. The van der Waals surface area contributed by atoms with Gasteiger partial charge in [0.2, 0.25) is 0 Å². The lowest BCUT2D eigenvalue weighted by Crippen LogP contribution is -2.22. The molecule has 1 heterocycles. The highest BCUT2D eigenvalue weighted by molar-refractivity contribution is 5.69. The summed E-state index contributed by atoms with van der Waals surface area (Å²) in [4.78, 5) is 10.9. The zero-order valence-electron chi connectivity index (χ0n) is 11.1. The van der Waals surface area contributed by atoms with Crippen molar-refractivity contribution in [3.05, 3.63) is 23.8 Å². The molecular weight excluding hydrogens is 248 g/mol. The Labute approximate surface area is 112 Å². The van der Waals surface area contributed by atoms with Crippen molar-refractivity contribution in [3.63, 3.8) is 0 Å². The summed E-state index contributed by atoms with van der Waals surface area (Å²) >= 11 is 0. The van der Waals surface area contributed by atoms with E-state index in [1.807, 2.05) is 25.2 Å².